The molecule has 0 saturated carbocycles. The third-order valence-corrected chi connectivity index (χ3v) is 2.88. The van der Waals surface area contributed by atoms with Crippen molar-refractivity contribution in [3.63, 3.8) is 0 Å². The molecule has 0 aliphatic rings. The van der Waals surface area contributed by atoms with Gasteiger partial charge in [0.1, 0.15) is 12.1 Å². The second-order valence-electron chi connectivity index (χ2n) is 5.21. The van der Waals surface area contributed by atoms with Gasteiger partial charge in [0.05, 0.1) is 0 Å². The van der Waals surface area contributed by atoms with Gasteiger partial charge >= 0.3 is 23.9 Å². The molecule has 5 N–H and O–H groups in total. The fourth-order valence-corrected chi connectivity index (χ4v) is 1.53. The fraction of sp³-hybridized carbons (Fsp3) is 0.733. The van der Waals surface area contributed by atoms with Crippen molar-refractivity contribution >= 4 is 23.9 Å². The zero-order valence-electron chi connectivity index (χ0n) is 14.4. The maximum atomic E-state index is 11.4. The Kier molecular flexibility index (Phi) is 14.2. The number of rotatable bonds is 10. The summed E-state index contributed by atoms with van der Waals surface area (Å²) in [5, 5.41) is 29.8. The topological polar surface area (TPSA) is 153 Å². The maximum absolute atomic E-state index is 11.4. The Bertz CT molecular complexity index is 413. The molecule has 9 heteroatoms. The molecular weight excluding hydrogens is 320 g/mol. The van der Waals surface area contributed by atoms with Gasteiger partial charge in [0.2, 0.25) is 0 Å². The molecule has 0 saturated heterocycles. The number of hydrogen-bond acceptors (Lipinski definition) is 4. The summed E-state index contributed by atoms with van der Waals surface area (Å²) in [7, 11) is 0. The molecule has 0 fully saturated rings. The summed E-state index contributed by atoms with van der Waals surface area (Å²) < 4.78 is 0. The third kappa shape index (κ3) is 14.6. The molecule has 0 aromatic carbocycles. The molecule has 0 aromatic heterocycles. The monoisotopic (exact) mass is 348 g/mol. The number of nitrogens with one attached hydrogen (secondary N) is 2. The van der Waals surface area contributed by atoms with E-state index in [1.807, 2.05) is 13.8 Å². The predicted octanol–water partition coefficient (Wildman–Crippen LogP) is 1.66. The van der Waals surface area contributed by atoms with Crippen LogP contribution in [0.5, 0.6) is 0 Å². The number of urea groups is 1. The number of carbonyl (C=O) groups excluding carboxylic acids is 1. The van der Waals surface area contributed by atoms with Crippen LogP contribution < -0.4 is 10.6 Å². The summed E-state index contributed by atoms with van der Waals surface area (Å²) in [4.78, 5) is 42.4. The molecule has 0 radical (unpaired) electrons. The van der Waals surface area contributed by atoms with Crippen molar-refractivity contribution in [1.82, 2.24) is 10.6 Å². The number of carboxylic acids is 3. The minimum absolute atomic E-state index is 0.292. The minimum Gasteiger partial charge on any atom is -0.481 e. The molecule has 9 nitrogen and oxygen atoms in total. The first-order valence-corrected chi connectivity index (χ1v) is 7.90. The number of unbranched alkanes of at least 4 members (excludes halogenated alkanes) is 2. The van der Waals surface area contributed by atoms with Crippen LogP contribution in [0.3, 0.4) is 0 Å². The normalized spacial score (nSPS) is 12.1. The Morgan fingerprint density at radius 1 is 0.875 bits per heavy atom. The van der Waals surface area contributed by atoms with E-state index in [9.17, 15) is 19.2 Å². The van der Waals surface area contributed by atoms with Gasteiger partial charge < -0.3 is 26.0 Å². The molecule has 140 valence electrons. The van der Waals surface area contributed by atoms with E-state index in [2.05, 4.69) is 10.6 Å². The molecule has 0 aromatic rings. The molecule has 0 heterocycles. The highest BCUT2D eigenvalue weighted by atomic mass is 16.4. The van der Waals surface area contributed by atoms with Gasteiger partial charge in [-0.25, -0.2) is 9.59 Å². The fourth-order valence-electron chi connectivity index (χ4n) is 1.53. The average molecular weight is 348 g/mol. The van der Waals surface area contributed by atoms with Crippen molar-refractivity contribution in [3.05, 3.63) is 0 Å². The first kappa shape index (κ1) is 23.9. The lowest BCUT2D eigenvalue weighted by molar-refractivity contribution is -0.139. The van der Waals surface area contributed by atoms with Crippen molar-refractivity contribution in [3.8, 4) is 0 Å². The van der Waals surface area contributed by atoms with Crippen molar-refractivity contribution in [2.45, 2.75) is 71.4 Å². The van der Waals surface area contributed by atoms with Gasteiger partial charge in [-0.2, -0.15) is 0 Å². The van der Waals surface area contributed by atoms with E-state index in [0.717, 1.165) is 19.3 Å². The van der Waals surface area contributed by atoms with Crippen LogP contribution in [0.4, 0.5) is 4.79 Å². The second-order valence-corrected chi connectivity index (χ2v) is 5.21. The molecule has 2 amide bonds. The van der Waals surface area contributed by atoms with Gasteiger partial charge in [-0.1, -0.05) is 33.1 Å². The van der Waals surface area contributed by atoms with Gasteiger partial charge in [-0.3, -0.25) is 9.59 Å². The number of hydrogen-bond donors (Lipinski definition) is 5. The highest BCUT2D eigenvalue weighted by molar-refractivity contribution is 5.85. The molecule has 0 aliphatic carbocycles. The van der Waals surface area contributed by atoms with Crippen LogP contribution in [-0.2, 0) is 14.4 Å². The summed E-state index contributed by atoms with van der Waals surface area (Å²) in [5.74, 6) is -3.01. The molecule has 0 rings (SSSR count). The van der Waals surface area contributed by atoms with Crippen LogP contribution >= 0.6 is 0 Å². The Morgan fingerprint density at radius 2 is 1.46 bits per heavy atom. The van der Waals surface area contributed by atoms with Crippen LogP contribution in [0.15, 0.2) is 0 Å². The van der Waals surface area contributed by atoms with E-state index in [1.165, 1.54) is 6.92 Å². The van der Waals surface area contributed by atoms with Gasteiger partial charge in [0.15, 0.2) is 0 Å². The van der Waals surface area contributed by atoms with Gasteiger partial charge in [-0.05, 0) is 19.8 Å². The van der Waals surface area contributed by atoms with Crippen molar-refractivity contribution in [2.75, 3.05) is 0 Å². The first-order valence-electron chi connectivity index (χ1n) is 7.90. The summed E-state index contributed by atoms with van der Waals surface area (Å²) >= 11 is 0. The maximum Gasteiger partial charge on any atom is 0.326 e. The van der Waals surface area contributed by atoms with Crippen LogP contribution in [-0.4, -0.2) is 51.3 Å². The van der Waals surface area contributed by atoms with Crippen molar-refractivity contribution in [2.24, 2.45) is 0 Å². The van der Waals surface area contributed by atoms with E-state index in [1.54, 1.807) is 0 Å². The number of aliphatic carboxylic acids is 3. The number of carbonyl (C=O) groups is 4. The molecule has 2 atom stereocenters. The van der Waals surface area contributed by atoms with Crippen LogP contribution in [0.1, 0.15) is 59.3 Å². The molecule has 0 aliphatic heterocycles. The minimum atomic E-state index is -1.18. The molecular formula is C15H28N2O7. The molecule has 0 unspecified atom stereocenters. The summed E-state index contributed by atoms with van der Waals surface area (Å²) in [6, 6.07) is -2.83. The quantitative estimate of drug-likeness (QED) is 0.376. The zero-order valence-corrected chi connectivity index (χ0v) is 14.4. The van der Waals surface area contributed by atoms with Gasteiger partial charge in [-0.15, -0.1) is 0 Å². The summed E-state index contributed by atoms with van der Waals surface area (Å²) in [6.07, 6.45) is 3.89. The zero-order chi connectivity index (χ0) is 19.1. The highest BCUT2D eigenvalue weighted by Gasteiger charge is 2.21. The van der Waals surface area contributed by atoms with E-state index in [-0.39, 0.29) is 0 Å². The van der Waals surface area contributed by atoms with Crippen LogP contribution in [0, 0.1) is 0 Å². The molecule has 24 heavy (non-hydrogen) atoms. The lowest BCUT2D eigenvalue weighted by Crippen LogP contribution is -2.50. The Hall–Kier alpha value is -2.32. The Balaban J connectivity index is 0. The van der Waals surface area contributed by atoms with Crippen LogP contribution in [0.25, 0.3) is 0 Å². The average Bonchev–Trinajstić information content (AvgIpc) is 2.46. The Labute approximate surface area is 141 Å². The molecule has 0 spiro atoms. The van der Waals surface area contributed by atoms with E-state index in [0.29, 0.717) is 19.3 Å². The van der Waals surface area contributed by atoms with E-state index < -0.39 is 36.0 Å². The smallest absolute Gasteiger partial charge is 0.326 e. The SMILES string of the molecule is CCCC(=O)O.CCCCC[C@H](NC(=O)N[C@@H](C)C(=O)O)C(=O)O. The number of carboxylic acid groups (broad SMARTS) is 3. The molecule has 0 bridgehead atoms. The standard InChI is InChI=1S/C11H20N2O5.C4H8O2/c1-3-4-5-6-8(10(16)17)13-11(18)12-7(2)9(14)15;1-2-3-4(5)6/h7-8H,3-6H2,1-2H3,(H,14,15)(H,16,17)(H2,12,13,18);2-3H2,1H3,(H,5,6)/t7-,8-;/m0./s1. The van der Waals surface area contributed by atoms with Crippen LogP contribution in [0.2, 0.25) is 0 Å². The second kappa shape index (κ2) is 14.3. The first-order chi connectivity index (χ1) is 11.1. The third-order valence-electron chi connectivity index (χ3n) is 2.88. The predicted molar refractivity (Wildman–Crippen MR) is 86.9 cm³/mol. The lowest BCUT2D eigenvalue weighted by Gasteiger charge is -2.16. The van der Waals surface area contributed by atoms with E-state index >= 15 is 0 Å². The number of amides is 2. The van der Waals surface area contributed by atoms with Gasteiger partial charge in [0, 0.05) is 6.42 Å². The van der Waals surface area contributed by atoms with Crippen molar-refractivity contribution in [1.29, 1.82) is 0 Å². The Morgan fingerprint density at radius 3 is 1.79 bits per heavy atom. The lowest BCUT2D eigenvalue weighted by atomic mass is 10.1. The van der Waals surface area contributed by atoms with Crippen molar-refractivity contribution < 1.29 is 34.5 Å². The summed E-state index contributed by atoms with van der Waals surface area (Å²) in [6.45, 7) is 5.13. The van der Waals surface area contributed by atoms with Gasteiger partial charge in [0.25, 0.3) is 0 Å². The largest absolute Gasteiger partial charge is 0.481 e. The summed E-state index contributed by atoms with van der Waals surface area (Å²) in [5.41, 5.74) is 0. The highest BCUT2D eigenvalue weighted by Crippen LogP contribution is 2.03. The van der Waals surface area contributed by atoms with E-state index in [4.69, 9.17) is 15.3 Å².